The Hall–Kier alpha value is -0.350. The first-order chi connectivity index (χ1) is 7.69. The summed E-state index contributed by atoms with van der Waals surface area (Å²) in [5.74, 6) is 1.01. The monoisotopic (exact) mass is 348 g/mol. The van der Waals surface area contributed by atoms with Gasteiger partial charge in [-0.15, -0.1) is 0 Å². The Bertz CT molecular complexity index is 364. The van der Waals surface area contributed by atoms with Gasteiger partial charge < -0.3 is 4.74 Å². The number of halogens is 2. The molecule has 16 heavy (non-hydrogen) atoms. The maximum atomic E-state index is 11.4. The first kappa shape index (κ1) is 13.7. The van der Waals surface area contributed by atoms with Crippen molar-refractivity contribution in [2.24, 2.45) is 0 Å². The second-order valence-corrected chi connectivity index (χ2v) is 4.52. The van der Waals surface area contributed by atoms with Crippen LogP contribution < -0.4 is 4.74 Å². The number of ketones is 1. The van der Waals surface area contributed by atoms with Gasteiger partial charge in [0.15, 0.2) is 0 Å². The molecular weight excluding hydrogens is 336 g/mol. The molecule has 0 fully saturated rings. The van der Waals surface area contributed by atoms with E-state index >= 15 is 0 Å². The molecule has 0 heterocycles. The zero-order valence-corrected chi connectivity index (χ0v) is 12.3. The van der Waals surface area contributed by atoms with Gasteiger partial charge in [-0.2, -0.15) is 0 Å². The quantitative estimate of drug-likeness (QED) is 0.735. The number of hydrogen-bond acceptors (Lipinski definition) is 2. The Morgan fingerprint density at radius 2 is 1.94 bits per heavy atom. The van der Waals surface area contributed by atoms with E-state index in [1.807, 2.05) is 25.1 Å². The van der Waals surface area contributed by atoms with Crippen molar-refractivity contribution in [1.29, 1.82) is 0 Å². The zero-order chi connectivity index (χ0) is 12.0. The normalized spacial score (nSPS) is 10.2. The summed E-state index contributed by atoms with van der Waals surface area (Å²) in [7, 11) is 0. The van der Waals surface area contributed by atoms with Crippen LogP contribution in [0, 0.1) is 0 Å². The van der Waals surface area contributed by atoms with Crippen LogP contribution in [0.2, 0.25) is 0 Å². The molecule has 0 spiro atoms. The molecule has 0 saturated carbocycles. The van der Waals surface area contributed by atoms with Crippen LogP contribution in [-0.4, -0.2) is 17.7 Å². The number of benzene rings is 1. The van der Waals surface area contributed by atoms with Gasteiger partial charge in [0.1, 0.15) is 11.5 Å². The van der Waals surface area contributed by atoms with Crippen molar-refractivity contribution >= 4 is 37.6 Å². The van der Waals surface area contributed by atoms with Crippen LogP contribution in [0.4, 0.5) is 0 Å². The van der Waals surface area contributed by atoms with Crippen molar-refractivity contribution in [1.82, 2.24) is 0 Å². The molecule has 0 amide bonds. The summed E-state index contributed by atoms with van der Waals surface area (Å²) in [6, 6.07) is 5.94. The maximum Gasteiger partial charge on any atom is 0.147 e. The third-order valence-corrected chi connectivity index (χ3v) is 3.31. The van der Waals surface area contributed by atoms with E-state index in [9.17, 15) is 4.79 Å². The largest absolute Gasteiger partial charge is 0.494 e. The van der Waals surface area contributed by atoms with Crippen LogP contribution in [0.5, 0.6) is 5.75 Å². The lowest BCUT2D eigenvalue weighted by Gasteiger charge is -2.08. The van der Waals surface area contributed by atoms with Crippen molar-refractivity contribution in [3.05, 3.63) is 29.3 Å². The van der Waals surface area contributed by atoms with E-state index in [1.165, 1.54) is 0 Å². The molecule has 4 heteroatoms. The molecule has 1 aromatic rings. The van der Waals surface area contributed by atoms with Crippen molar-refractivity contribution in [3.63, 3.8) is 0 Å². The molecule has 0 aliphatic carbocycles. The molecule has 0 saturated heterocycles. The summed E-state index contributed by atoms with van der Waals surface area (Å²) in [5, 5.41) is 1.17. The van der Waals surface area contributed by atoms with Gasteiger partial charge in [0.25, 0.3) is 0 Å². The average molecular weight is 350 g/mol. The first-order valence-corrected chi connectivity index (χ1v) is 7.33. The van der Waals surface area contributed by atoms with Crippen molar-refractivity contribution < 1.29 is 9.53 Å². The second kappa shape index (κ2) is 7.07. The van der Waals surface area contributed by atoms with E-state index in [1.54, 1.807) is 0 Å². The molecule has 1 rings (SSSR count). The van der Waals surface area contributed by atoms with Crippen molar-refractivity contribution in [2.45, 2.75) is 18.7 Å². The second-order valence-electron chi connectivity index (χ2n) is 3.40. The molecule has 0 aliphatic rings. The third-order valence-electron chi connectivity index (χ3n) is 2.04. The summed E-state index contributed by atoms with van der Waals surface area (Å²) in [5.41, 5.74) is 2.13. The summed E-state index contributed by atoms with van der Waals surface area (Å²) in [6.07, 6.45) is 0.451. The maximum absolute atomic E-state index is 11.4. The highest BCUT2D eigenvalue weighted by Gasteiger charge is 2.05. The third kappa shape index (κ3) is 4.26. The summed E-state index contributed by atoms with van der Waals surface area (Å²) in [4.78, 5) is 11.4. The Kier molecular flexibility index (Phi) is 6.06. The Morgan fingerprint density at radius 1 is 1.25 bits per heavy atom. The first-order valence-electron chi connectivity index (χ1n) is 5.08. The predicted molar refractivity (Wildman–Crippen MR) is 72.7 cm³/mol. The topological polar surface area (TPSA) is 26.3 Å². The van der Waals surface area contributed by atoms with Gasteiger partial charge in [0.2, 0.25) is 0 Å². The lowest BCUT2D eigenvalue weighted by molar-refractivity contribution is -0.115. The minimum absolute atomic E-state index is 0.175. The van der Waals surface area contributed by atoms with Crippen LogP contribution >= 0.6 is 31.9 Å². The van der Waals surface area contributed by atoms with Gasteiger partial charge in [-0.1, -0.05) is 37.9 Å². The van der Waals surface area contributed by atoms with Gasteiger partial charge in [-0.25, -0.2) is 0 Å². The summed E-state index contributed by atoms with van der Waals surface area (Å²) >= 11 is 6.58. The smallest absolute Gasteiger partial charge is 0.147 e. The number of alkyl halides is 2. The molecule has 0 N–H and O–H groups in total. The highest BCUT2D eigenvalue weighted by atomic mass is 79.9. The molecule has 0 radical (unpaired) electrons. The molecule has 0 atom stereocenters. The standard InChI is InChI=1S/C12H14Br2O2/c1-2-16-12-5-9(4-11(15)8-14)3-10(6-12)7-13/h3,5-6H,2,4,7-8H2,1H3. The number of carbonyl (C=O) groups is 1. The molecule has 0 aromatic heterocycles. The number of carbonyl (C=O) groups excluding carboxylic acids is 1. The highest BCUT2D eigenvalue weighted by molar-refractivity contribution is 9.09. The molecule has 2 nitrogen and oxygen atoms in total. The van der Waals surface area contributed by atoms with Gasteiger partial charge in [0.05, 0.1) is 11.9 Å². The van der Waals surface area contributed by atoms with Crippen LogP contribution in [0.25, 0.3) is 0 Å². The highest BCUT2D eigenvalue weighted by Crippen LogP contribution is 2.20. The fraction of sp³-hybridized carbons (Fsp3) is 0.417. The Morgan fingerprint density at radius 3 is 2.50 bits per heavy atom. The minimum Gasteiger partial charge on any atom is -0.494 e. The molecular formula is C12H14Br2O2. The van der Waals surface area contributed by atoms with E-state index in [0.717, 1.165) is 22.2 Å². The lowest BCUT2D eigenvalue weighted by atomic mass is 10.1. The summed E-state index contributed by atoms with van der Waals surface area (Å²) in [6.45, 7) is 2.59. The van der Waals surface area contributed by atoms with E-state index < -0.39 is 0 Å². The fourth-order valence-electron chi connectivity index (χ4n) is 1.43. The van der Waals surface area contributed by atoms with Crippen LogP contribution in [0.15, 0.2) is 18.2 Å². The van der Waals surface area contributed by atoms with E-state index in [0.29, 0.717) is 18.4 Å². The van der Waals surface area contributed by atoms with Crippen molar-refractivity contribution in [2.75, 3.05) is 11.9 Å². The Balaban J connectivity index is 2.90. The van der Waals surface area contributed by atoms with E-state index in [-0.39, 0.29) is 5.78 Å². The number of Topliss-reactive ketones (excluding diaryl/α,β-unsaturated/α-hetero) is 1. The minimum atomic E-state index is 0.175. The van der Waals surface area contributed by atoms with Gasteiger partial charge in [-0.05, 0) is 30.2 Å². The van der Waals surface area contributed by atoms with Crippen LogP contribution in [0.1, 0.15) is 18.1 Å². The zero-order valence-electron chi connectivity index (χ0n) is 9.13. The Labute approximate surface area is 113 Å². The predicted octanol–water partition coefficient (Wildman–Crippen LogP) is 3.49. The molecule has 0 aliphatic heterocycles. The van der Waals surface area contributed by atoms with Gasteiger partial charge in [-0.3, -0.25) is 4.79 Å². The SMILES string of the molecule is CCOc1cc(CBr)cc(CC(=O)CBr)c1. The summed E-state index contributed by atoms with van der Waals surface area (Å²) < 4.78 is 5.46. The van der Waals surface area contributed by atoms with Crippen molar-refractivity contribution in [3.8, 4) is 5.75 Å². The van der Waals surface area contributed by atoms with E-state index in [2.05, 4.69) is 31.9 Å². The lowest BCUT2D eigenvalue weighted by Crippen LogP contribution is -2.04. The van der Waals surface area contributed by atoms with Gasteiger partial charge >= 0.3 is 0 Å². The van der Waals surface area contributed by atoms with Crippen LogP contribution in [0.3, 0.4) is 0 Å². The molecule has 1 aromatic carbocycles. The fourth-order valence-corrected chi connectivity index (χ4v) is 1.95. The van der Waals surface area contributed by atoms with Crippen LogP contribution in [-0.2, 0) is 16.5 Å². The number of ether oxygens (including phenoxy) is 1. The molecule has 0 unspecified atom stereocenters. The molecule has 0 bridgehead atoms. The average Bonchev–Trinajstić information content (AvgIpc) is 2.29. The number of hydrogen-bond donors (Lipinski definition) is 0. The van der Waals surface area contributed by atoms with Gasteiger partial charge in [0, 0.05) is 11.8 Å². The number of rotatable bonds is 6. The van der Waals surface area contributed by atoms with E-state index in [4.69, 9.17) is 4.74 Å². The molecule has 88 valence electrons.